The number of nitrogens with one attached hydrogen (secondary N) is 2. The van der Waals surface area contributed by atoms with Crippen molar-refractivity contribution < 1.29 is 9.53 Å². The number of amides is 1. The third kappa shape index (κ3) is 4.95. The van der Waals surface area contributed by atoms with E-state index in [1.807, 2.05) is 55.5 Å². The van der Waals surface area contributed by atoms with Crippen LogP contribution in [0.4, 0.5) is 11.4 Å². The van der Waals surface area contributed by atoms with Crippen LogP contribution in [0.2, 0.25) is 10.0 Å². The van der Waals surface area contributed by atoms with Gasteiger partial charge in [0.15, 0.2) is 5.11 Å². The highest BCUT2D eigenvalue weighted by molar-refractivity contribution is 7.80. The van der Waals surface area contributed by atoms with E-state index in [-0.39, 0.29) is 18.0 Å². The van der Waals surface area contributed by atoms with E-state index in [4.69, 9.17) is 40.2 Å². The van der Waals surface area contributed by atoms with Gasteiger partial charge in [-0.2, -0.15) is 0 Å². The topological polar surface area (TPSA) is 71.4 Å². The molecule has 4 aromatic rings. The minimum absolute atomic E-state index is 0.197. The molecule has 1 fully saturated rings. The van der Waals surface area contributed by atoms with Crippen molar-refractivity contribution in [3.63, 3.8) is 0 Å². The smallest absolute Gasteiger partial charge is 0.221 e. The monoisotopic (exact) mass is 579 g/mol. The number of hydrogen-bond donors (Lipinski definition) is 2. The predicted octanol–water partition coefficient (Wildman–Crippen LogP) is 6.94. The number of benzene rings is 2. The molecule has 2 atom stereocenters. The normalized spacial score (nSPS) is 16.8. The van der Waals surface area contributed by atoms with Gasteiger partial charge in [0.2, 0.25) is 5.91 Å². The molecule has 0 spiro atoms. The van der Waals surface area contributed by atoms with E-state index in [0.29, 0.717) is 26.6 Å². The fourth-order valence-corrected chi connectivity index (χ4v) is 5.93. The SMILES string of the molecule is COc1ccc(N2C(=S)N[C@@H](c3ccccn3)[C@H]2c2cc(C)n(-c3cccc(Cl)c3Cl)c2C)cc1NC(C)=O. The van der Waals surface area contributed by atoms with Crippen molar-refractivity contribution in [1.29, 1.82) is 0 Å². The Morgan fingerprint density at radius 2 is 1.90 bits per heavy atom. The molecule has 39 heavy (non-hydrogen) atoms. The highest BCUT2D eigenvalue weighted by Gasteiger charge is 2.42. The lowest BCUT2D eigenvalue weighted by Gasteiger charge is -2.29. The second-order valence-corrected chi connectivity index (χ2v) is 10.5. The van der Waals surface area contributed by atoms with Gasteiger partial charge in [-0.05, 0) is 80.2 Å². The van der Waals surface area contributed by atoms with Crippen LogP contribution in [-0.2, 0) is 4.79 Å². The summed E-state index contributed by atoms with van der Waals surface area (Å²) >= 11 is 18.9. The van der Waals surface area contributed by atoms with Crippen LogP contribution in [0.3, 0.4) is 0 Å². The minimum atomic E-state index is -0.260. The molecule has 10 heteroatoms. The molecule has 2 N–H and O–H groups in total. The largest absolute Gasteiger partial charge is 0.495 e. The van der Waals surface area contributed by atoms with Crippen molar-refractivity contribution in [3.05, 3.63) is 99.6 Å². The predicted molar refractivity (Wildman–Crippen MR) is 160 cm³/mol. The second-order valence-electron chi connectivity index (χ2n) is 9.30. The number of aryl methyl sites for hydroxylation is 1. The molecule has 0 saturated carbocycles. The second kappa shape index (κ2) is 10.9. The molecule has 0 radical (unpaired) electrons. The summed E-state index contributed by atoms with van der Waals surface area (Å²) in [4.78, 5) is 18.6. The number of anilines is 2. The Kier molecular flexibility index (Phi) is 7.53. The van der Waals surface area contributed by atoms with Crippen LogP contribution in [0.15, 0.2) is 66.9 Å². The first-order chi connectivity index (χ1) is 18.7. The van der Waals surface area contributed by atoms with Gasteiger partial charge in [0.25, 0.3) is 0 Å². The zero-order valence-electron chi connectivity index (χ0n) is 21.8. The van der Waals surface area contributed by atoms with Gasteiger partial charge in [-0.3, -0.25) is 9.78 Å². The summed E-state index contributed by atoms with van der Waals surface area (Å²) in [5.74, 6) is 0.357. The maximum Gasteiger partial charge on any atom is 0.221 e. The van der Waals surface area contributed by atoms with E-state index in [9.17, 15) is 4.79 Å². The van der Waals surface area contributed by atoms with Crippen LogP contribution in [0.1, 0.15) is 41.7 Å². The Morgan fingerprint density at radius 3 is 2.59 bits per heavy atom. The van der Waals surface area contributed by atoms with Crippen LogP contribution in [0.5, 0.6) is 5.75 Å². The third-order valence-electron chi connectivity index (χ3n) is 6.83. The number of ether oxygens (including phenoxy) is 1. The van der Waals surface area contributed by atoms with Crippen LogP contribution < -0.4 is 20.3 Å². The quantitative estimate of drug-likeness (QED) is 0.241. The van der Waals surface area contributed by atoms with E-state index in [1.165, 1.54) is 6.92 Å². The number of methoxy groups -OCH3 is 1. The van der Waals surface area contributed by atoms with Gasteiger partial charge in [0.05, 0.1) is 46.3 Å². The molecule has 7 nitrogen and oxygen atoms in total. The summed E-state index contributed by atoms with van der Waals surface area (Å²) in [6, 6.07) is 18.7. The van der Waals surface area contributed by atoms with Crippen LogP contribution in [0, 0.1) is 13.8 Å². The molecule has 0 bridgehead atoms. The number of hydrogen-bond acceptors (Lipinski definition) is 4. The molecule has 5 rings (SSSR count). The fourth-order valence-electron chi connectivity index (χ4n) is 5.21. The Hall–Kier alpha value is -3.59. The van der Waals surface area contributed by atoms with Crippen molar-refractivity contribution in [2.24, 2.45) is 0 Å². The summed E-state index contributed by atoms with van der Waals surface area (Å²) in [6.07, 6.45) is 1.77. The number of nitrogens with zero attached hydrogens (tertiary/aromatic N) is 3. The van der Waals surface area contributed by atoms with Gasteiger partial charge < -0.3 is 24.8 Å². The molecule has 1 amide bonds. The Balaban J connectivity index is 1.70. The maximum atomic E-state index is 11.9. The van der Waals surface area contributed by atoms with Crippen molar-refractivity contribution in [1.82, 2.24) is 14.9 Å². The molecule has 0 aliphatic carbocycles. The number of halogens is 2. The van der Waals surface area contributed by atoms with Crippen molar-refractivity contribution in [3.8, 4) is 11.4 Å². The van der Waals surface area contributed by atoms with E-state index in [0.717, 1.165) is 34.0 Å². The van der Waals surface area contributed by atoms with Crippen molar-refractivity contribution in [2.75, 3.05) is 17.3 Å². The van der Waals surface area contributed by atoms with Gasteiger partial charge in [0, 0.05) is 30.2 Å². The molecule has 1 aliphatic rings. The number of thiocarbonyl (C=S) groups is 1. The molecule has 1 aliphatic heterocycles. The van der Waals surface area contributed by atoms with Crippen molar-refractivity contribution in [2.45, 2.75) is 32.9 Å². The Bertz CT molecular complexity index is 1570. The van der Waals surface area contributed by atoms with Crippen LogP contribution in [0.25, 0.3) is 5.69 Å². The summed E-state index contributed by atoms with van der Waals surface area (Å²) in [5, 5.41) is 7.87. The summed E-state index contributed by atoms with van der Waals surface area (Å²) in [6.45, 7) is 5.56. The lowest BCUT2D eigenvalue weighted by Crippen LogP contribution is -2.29. The van der Waals surface area contributed by atoms with E-state index < -0.39 is 0 Å². The lowest BCUT2D eigenvalue weighted by molar-refractivity contribution is -0.114. The van der Waals surface area contributed by atoms with E-state index in [2.05, 4.69) is 38.1 Å². The van der Waals surface area contributed by atoms with Gasteiger partial charge in [-0.25, -0.2) is 0 Å². The van der Waals surface area contributed by atoms with Gasteiger partial charge in [0.1, 0.15) is 5.75 Å². The summed E-state index contributed by atoms with van der Waals surface area (Å²) in [5.41, 5.74) is 6.05. The standard InChI is InChI=1S/C29H27Cl2N5O2S/c1-16-14-20(17(2)35(16)24-10-7-8-21(30)26(24)31)28-27(22-9-5-6-13-32-22)34-29(39)36(28)19-11-12-25(38-4)23(15-19)33-18(3)37/h5-15,27-28H,1-4H3,(H,33,37)(H,34,39)/t27-,28+/m0/s1. The third-order valence-corrected chi connectivity index (χ3v) is 7.95. The molecule has 2 aromatic carbocycles. The molecule has 2 aromatic heterocycles. The molecular weight excluding hydrogens is 553 g/mol. The zero-order chi connectivity index (χ0) is 27.8. The van der Waals surface area contributed by atoms with Crippen LogP contribution >= 0.6 is 35.4 Å². The van der Waals surface area contributed by atoms with Gasteiger partial charge in [-0.1, -0.05) is 35.3 Å². The van der Waals surface area contributed by atoms with Gasteiger partial charge in [-0.15, -0.1) is 0 Å². The molecule has 3 heterocycles. The molecule has 0 unspecified atom stereocenters. The fraction of sp³-hybridized carbons (Fsp3) is 0.207. The van der Waals surface area contributed by atoms with Gasteiger partial charge >= 0.3 is 0 Å². The number of rotatable bonds is 6. The molecule has 200 valence electrons. The Morgan fingerprint density at radius 1 is 1.10 bits per heavy atom. The number of carbonyl (C=O) groups excluding carboxylic acids is 1. The number of aromatic nitrogens is 2. The minimum Gasteiger partial charge on any atom is -0.495 e. The maximum absolute atomic E-state index is 11.9. The molecular formula is C29H27Cl2N5O2S. The van der Waals surface area contributed by atoms with Crippen LogP contribution in [-0.4, -0.2) is 27.7 Å². The average molecular weight is 581 g/mol. The highest BCUT2D eigenvalue weighted by atomic mass is 35.5. The summed E-state index contributed by atoms with van der Waals surface area (Å²) in [7, 11) is 1.57. The zero-order valence-corrected chi connectivity index (χ0v) is 24.2. The average Bonchev–Trinajstić information content (AvgIpc) is 3.41. The highest BCUT2D eigenvalue weighted by Crippen LogP contribution is 2.45. The first-order valence-electron chi connectivity index (χ1n) is 12.3. The number of pyridine rings is 1. The first-order valence-corrected chi connectivity index (χ1v) is 13.5. The number of carbonyl (C=O) groups is 1. The summed E-state index contributed by atoms with van der Waals surface area (Å²) < 4.78 is 7.59. The lowest BCUT2D eigenvalue weighted by atomic mass is 9.96. The Labute approximate surface area is 242 Å². The molecule has 1 saturated heterocycles. The first kappa shape index (κ1) is 27.0. The van der Waals surface area contributed by atoms with E-state index in [1.54, 1.807) is 19.4 Å². The van der Waals surface area contributed by atoms with Crippen molar-refractivity contribution >= 4 is 57.8 Å². The van der Waals surface area contributed by atoms with E-state index >= 15 is 0 Å².